The molecular weight excluding hydrogens is 182 g/mol. The van der Waals surface area contributed by atoms with Gasteiger partial charge in [-0.15, -0.1) is 0 Å². The number of hydroxylamine groups is 1. The molecule has 4 heteroatoms. The van der Waals surface area contributed by atoms with Crippen LogP contribution < -0.4 is 5.48 Å². The number of nitrogens with one attached hydrogen (secondary N) is 1. The third-order valence-electron chi connectivity index (χ3n) is 1.77. The summed E-state index contributed by atoms with van der Waals surface area (Å²) < 4.78 is 0. The Labute approximate surface area is 84.9 Å². The molecule has 0 rings (SSSR count). The maximum Gasteiger partial charge on any atom is 0.270 e. The molecule has 14 heavy (non-hydrogen) atoms. The van der Waals surface area contributed by atoms with Crippen molar-refractivity contribution in [3.8, 4) is 0 Å². The van der Waals surface area contributed by atoms with Gasteiger partial charge >= 0.3 is 0 Å². The Hall–Kier alpha value is -0.870. The lowest BCUT2D eigenvalue weighted by molar-refractivity contribution is -0.129. The van der Waals surface area contributed by atoms with Crippen molar-refractivity contribution in [3.05, 3.63) is 11.6 Å². The van der Waals surface area contributed by atoms with Gasteiger partial charge < -0.3 is 5.11 Å². The van der Waals surface area contributed by atoms with Crippen molar-refractivity contribution in [2.24, 2.45) is 0 Å². The lowest BCUT2D eigenvalue weighted by Crippen LogP contribution is -2.25. The van der Waals surface area contributed by atoms with Gasteiger partial charge in [0.15, 0.2) is 0 Å². The van der Waals surface area contributed by atoms with Crippen LogP contribution in [0.15, 0.2) is 11.6 Å². The maximum absolute atomic E-state index is 11.2. The van der Waals surface area contributed by atoms with Crippen LogP contribution in [0, 0.1) is 0 Å². The van der Waals surface area contributed by atoms with E-state index < -0.39 is 0 Å². The van der Waals surface area contributed by atoms with Crippen LogP contribution in [0.1, 0.15) is 33.1 Å². The molecule has 0 aromatic rings. The minimum absolute atomic E-state index is 0.130. The fraction of sp³-hybridized carbons (Fsp3) is 0.700. The summed E-state index contributed by atoms with van der Waals surface area (Å²) in [6.45, 7) is 4.13. The molecule has 82 valence electrons. The summed E-state index contributed by atoms with van der Waals surface area (Å²) >= 11 is 0. The van der Waals surface area contributed by atoms with E-state index in [-0.39, 0.29) is 12.5 Å². The summed E-state index contributed by atoms with van der Waals surface area (Å²) in [6.07, 6.45) is 4.60. The number of aliphatic hydroxyl groups is 1. The van der Waals surface area contributed by atoms with Gasteiger partial charge in [-0.2, -0.15) is 0 Å². The molecule has 0 radical (unpaired) electrons. The highest BCUT2D eigenvalue weighted by Crippen LogP contribution is 1.94. The smallest absolute Gasteiger partial charge is 0.270 e. The van der Waals surface area contributed by atoms with E-state index in [1.807, 2.05) is 0 Å². The van der Waals surface area contributed by atoms with E-state index in [1.165, 1.54) is 6.08 Å². The SMILES string of the molecule is CCCCCONC(=O)C(C)=CCO. The average Bonchev–Trinajstić information content (AvgIpc) is 2.17. The molecule has 2 N–H and O–H groups in total. The van der Waals surface area contributed by atoms with E-state index in [9.17, 15) is 4.79 Å². The van der Waals surface area contributed by atoms with Gasteiger partial charge in [0, 0.05) is 5.57 Å². The summed E-state index contributed by atoms with van der Waals surface area (Å²) in [6, 6.07) is 0. The highest BCUT2D eigenvalue weighted by molar-refractivity contribution is 5.91. The Morgan fingerprint density at radius 3 is 2.79 bits per heavy atom. The molecule has 0 fully saturated rings. The topological polar surface area (TPSA) is 58.6 Å². The van der Waals surface area contributed by atoms with E-state index in [0.29, 0.717) is 12.2 Å². The van der Waals surface area contributed by atoms with E-state index in [1.54, 1.807) is 6.92 Å². The normalized spacial score (nSPS) is 11.5. The first-order chi connectivity index (χ1) is 6.72. The predicted molar refractivity (Wildman–Crippen MR) is 54.5 cm³/mol. The molecule has 0 unspecified atom stereocenters. The van der Waals surface area contributed by atoms with E-state index in [2.05, 4.69) is 12.4 Å². The molecule has 0 atom stereocenters. The molecule has 0 bridgehead atoms. The molecule has 1 amide bonds. The van der Waals surface area contributed by atoms with Crippen LogP contribution in [0.25, 0.3) is 0 Å². The van der Waals surface area contributed by atoms with Crippen molar-refractivity contribution in [1.82, 2.24) is 5.48 Å². The number of unbranched alkanes of at least 4 members (excludes halogenated alkanes) is 2. The second-order valence-electron chi connectivity index (χ2n) is 3.06. The first kappa shape index (κ1) is 13.1. The third kappa shape index (κ3) is 6.62. The van der Waals surface area contributed by atoms with Gasteiger partial charge in [-0.05, 0) is 13.3 Å². The lowest BCUT2D eigenvalue weighted by Gasteiger charge is -2.05. The summed E-state index contributed by atoms with van der Waals surface area (Å²) in [7, 11) is 0. The largest absolute Gasteiger partial charge is 0.392 e. The second-order valence-corrected chi connectivity index (χ2v) is 3.06. The Balaban J connectivity index is 3.49. The Bertz CT molecular complexity index is 190. The highest BCUT2D eigenvalue weighted by Gasteiger charge is 2.01. The maximum atomic E-state index is 11.2. The molecule has 0 aliphatic heterocycles. The number of carbonyl (C=O) groups is 1. The molecule has 0 aliphatic rings. The van der Waals surface area contributed by atoms with Crippen molar-refractivity contribution in [3.63, 3.8) is 0 Å². The Morgan fingerprint density at radius 2 is 2.21 bits per heavy atom. The van der Waals surface area contributed by atoms with Gasteiger partial charge in [0.25, 0.3) is 5.91 Å². The molecule has 0 saturated heterocycles. The fourth-order valence-electron chi connectivity index (χ4n) is 0.851. The molecule has 0 heterocycles. The van der Waals surface area contributed by atoms with Gasteiger partial charge in [0.1, 0.15) is 0 Å². The molecule has 0 aromatic carbocycles. The summed E-state index contributed by atoms with van der Waals surface area (Å²) in [5.41, 5.74) is 2.77. The lowest BCUT2D eigenvalue weighted by atomic mass is 10.3. The predicted octanol–water partition coefficient (Wildman–Crippen LogP) is 1.16. The van der Waals surface area contributed by atoms with E-state index in [4.69, 9.17) is 9.94 Å². The van der Waals surface area contributed by atoms with Gasteiger partial charge in [0.05, 0.1) is 13.2 Å². The standard InChI is InChI=1S/C10H19NO3/c1-3-4-5-8-14-11-10(13)9(2)6-7-12/h6,12H,3-5,7-8H2,1-2H3,(H,11,13). The van der Waals surface area contributed by atoms with Crippen molar-refractivity contribution in [2.75, 3.05) is 13.2 Å². The summed E-state index contributed by atoms with van der Waals surface area (Å²) in [4.78, 5) is 16.1. The van der Waals surface area contributed by atoms with Crippen molar-refractivity contribution < 1.29 is 14.7 Å². The van der Waals surface area contributed by atoms with Crippen molar-refractivity contribution >= 4 is 5.91 Å². The van der Waals surface area contributed by atoms with Gasteiger partial charge in [-0.1, -0.05) is 25.8 Å². The number of aliphatic hydroxyl groups excluding tert-OH is 1. The number of hydrogen-bond donors (Lipinski definition) is 2. The van der Waals surface area contributed by atoms with E-state index >= 15 is 0 Å². The zero-order valence-electron chi connectivity index (χ0n) is 8.88. The highest BCUT2D eigenvalue weighted by atomic mass is 16.6. The monoisotopic (exact) mass is 201 g/mol. The molecule has 0 aromatic heterocycles. The van der Waals surface area contributed by atoms with E-state index in [0.717, 1.165) is 19.3 Å². The second kappa shape index (κ2) is 8.72. The third-order valence-corrected chi connectivity index (χ3v) is 1.77. The van der Waals surface area contributed by atoms with Crippen molar-refractivity contribution in [2.45, 2.75) is 33.1 Å². The molecular formula is C10H19NO3. The summed E-state index contributed by atoms with van der Waals surface area (Å²) in [5.74, 6) is -0.296. The fourth-order valence-corrected chi connectivity index (χ4v) is 0.851. The molecule has 4 nitrogen and oxygen atoms in total. The van der Waals surface area contributed by atoms with Crippen LogP contribution in [0.5, 0.6) is 0 Å². The van der Waals surface area contributed by atoms with Crippen LogP contribution in [0.3, 0.4) is 0 Å². The molecule has 0 spiro atoms. The quantitative estimate of drug-likeness (QED) is 0.369. The van der Waals surface area contributed by atoms with Crippen LogP contribution in [0.2, 0.25) is 0 Å². The van der Waals surface area contributed by atoms with Gasteiger partial charge in [-0.3, -0.25) is 9.63 Å². The van der Waals surface area contributed by atoms with Crippen LogP contribution >= 0.6 is 0 Å². The minimum atomic E-state index is -0.296. The molecule has 0 saturated carbocycles. The van der Waals surface area contributed by atoms with Crippen LogP contribution in [-0.4, -0.2) is 24.2 Å². The number of carbonyl (C=O) groups excluding carboxylic acids is 1. The van der Waals surface area contributed by atoms with Crippen LogP contribution in [-0.2, 0) is 9.63 Å². The first-order valence-corrected chi connectivity index (χ1v) is 4.92. The summed E-state index contributed by atoms with van der Waals surface area (Å²) in [5, 5.41) is 8.53. The average molecular weight is 201 g/mol. The van der Waals surface area contributed by atoms with Gasteiger partial charge in [0.2, 0.25) is 0 Å². The van der Waals surface area contributed by atoms with Crippen LogP contribution in [0.4, 0.5) is 0 Å². The Morgan fingerprint density at radius 1 is 1.50 bits per heavy atom. The molecule has 0 aliphatic carbocycles. The zero-order chi connectivity index (χ0) is 10.8. The zero-order valence-corrected chi connectivity index (χ0v) is 8.88. The minimum Gasteiger partial charge on any atom is -0.392 e. The number of rotatable bonds is 7. The Kier molecular flexibility index (Phi) is 8.17. The first-order valence-electron chi connectivity index (χ1n) is 4.92. The number of hydrogen-bond acceptors (Lipinski definition) is 3. The number of amides is 1. The van der Waals surface area contributed by atoms with Crippen molar-refractivity contribution in [1.29, 1.82) is 0 Å². The van der Waals surface area contributed by atoms with Gasteiger partial charge in [-0.25, -0.2) is 5.48 Å².